The van der Waals surface area contributed by atoms with E-state index in [-0.39, 0.29) is 11.9 Å². The Morgan fingerprint density at radius 3 is 2.36 bits per heavy atom. The van der Waals surface area contributed by atoms with E-state index in [4.69, 9.17) is 4.74 Å². The number of nitrogens with zero attached hydrogens (tertiary/aromatic N) is 3. The molecule has 0 unspecified atom stereocenters. The highest BCUT2D eigenvalue weighted by atomic mass is 16.5. The van der Waals surface area contributed by atoms with Crippen molar-refractivity contribution in [1.29, 1.82) is 0 Å². The van der Waals surface area contributed by atoms with Gasteiger partial charge < -0.3 is 20.3 Å². The van der Waals surface area contributed by atoms with Crippen molar-refractivity contribution in [3.8, 4) is 5.75 Å². The summed E-state index contributed by atoms with van der Waals surface area (Å²) in [6.45, 7) is 2.01. The number of hydrogen-bond acceptors (Lipinski definition) is 6. The molecular formula is C21H29N5O2. The van der Waals surface area contributed by atoms with Gasteiger partial charge in [-0.25, -0.2) is 4.98 Å². The molecule has 3 rings (SSSR count). The van der Waals surface area contributed by atoms with Crippen molar-refractivity contribution in [2.24, 2.45) is 0 Å². The van der Waals surface area contributed by atoms with Gasteiger partial charge >= 0.3 is 0 Å². The van der Waals surface area contributed by atoms with Crippen molar-refractivity contribution >= 4 is 17.7 Å². The number of rotatable bonds is 6. The van der Waals surface area contributed by atoms with Crippen LogP contribution in [0.25, 0.3) is 0 Å². The number of anilines is 2. The molecule has 1 heterocycles. The zero-order valence-corrected chi connectivity index (χ0v) is 17.0. The van der Waals surface area contributed by atoms with E-state index in [0.717, 1.165) is 42.8 Å². The molecule has 0 radical (unpaired) electrons. The van der Waals surface area contributed by atoms with Crippen LogP contribution < -0.4 is 20.3 Å². The SMILES string of the molecule is COc1ccc(C(=O)NC2CCC(Nc3ncc(C)c(N(C)C)n3)CC2)cc1. The number of benzene rings is 1. The van der Waals surface area contributed by atoms with Gasteiger partial charge in [-0.2, -0.15) is 4.98 Å². The van der Waals surface area contributed by atoms with Crippen LogP contribution in [0, 0.1) is 6.92 Å². The van der Waals surface area contributed by atoms with E-state index in [2.05, 4.69) is 20.6 Å². The lowest BCUT2D eigenvalue weighted by atomic mass is 9.91. The van der Waals surface area contributed by atoms with Crippen LogP contribution in [0.2, 0.25) is 0 Å². The van der Waals surface area contributed by atoms with Crippen LogP contribution in [0.4, 0.5) is 11.8 Å². The summed E-state index contributed by atoms with van der Waals surface area (Å²) in [6, 6.07) is 7.71. The maximum Gasteiger partial charge on any atom is 0.251 e. The third kappa shape index (κ3) is 4.91. The number of ether oxygens (including phenoxy) is 1. The van der Waals surface area contributed by atoms with E-state index >= 15 is 0 Å². The Hall–Kier alpha value is -2.83. The summed E-state index contributed by atoms with van der Waals surface area (Å²) >= 11 is 0. The minimum absolute atomic E-state index is 0.0310. The Morgan fingerprint density at radius 2 is 1.75 bits per heavy atom. The summed E-state index contributed by atoms with van der Waals surface area (Å²) in [4.78, 5) is 23.4. The predicted octanol–water partition coefficient (Wildman–Crippen LogP) is 3.01. The van der Waals surface area contributed by atoms with Crippen molar-refractivity contribution in [2.75, 3.05) is 31.4 Å². The molecule has 28 heavy (non-hydrogen) atoms. The number of carbonyl (C=O) groups excluding carboxylic acids is 1. The number of methoxy groups -OCH3 is 1. The molecular weight excluding hydrogens is 354 g/mol. The molecule has 0 saturated heterocycles. The highest BCUT2D eigenvalue weighted by Gasteiger charge is 2.23. The highest BCUT2D eigenvalue weighted by molar-refractivity contribution is 5.94. The molecule has 1 fully saturated rings. The Balaban J connectivity index is 1.50. The number of aromatic nitrogens is 2. The molecule has 1 aliphatic rings. The summed E-state index contributed by atoms with van der Waals surface area (Å²) < 4.78 is 5.13. The summed E-state index contributed by atoms with van der Waals surface area (Å²) in [5.74, 6) is 2.31. The van der Waals surface area contributed by atoms with Crippen molar-refractivity contribution < 1.29 is 9.53 Å². The van der Waals surface area contributed by atoms with Gasteiger partial charge in [-0.3, -0.25) is 4.79 Å². The summed E-state index contributed by atoms with van der Waals surface area (Å²) in [5, 5.41) is 6.59. The molecule has 7 heteroatoms. The molecule has 2 aromatic rings. The summed E-state index contributed by atoms with van der Waals surface area (Å²) in [5.41, 5.74) is 1.71. The smallest absolute Gasteiger partial charge is 0.251 e. The maximum atomic E-state index is 12.4. The van der Waals surface area contributed by atoms with E-state index in [0.29, 0.717) is 17.6 Å². The van der Waals surface area contributed by atoms with Crippen molar-refractivity contribution in [3.05, 3.63) is 41.6 Å². The number of nitrogens with one attached hydrogen (secondary N) is 2. The van der Waals surface area contributed by atoms with Gasteiger partial charge in [-0.1, -0.05) is 0 Å². The Morgan fingerprint density at radius 1 is 1.11 bits per heavy atom. The lowest BCUT2D eigenvalue weighted by Gasteiger charge is -2.30. The third-order valence-electron chi connectivity index (χ3n) is 5.12. The zero-order valence-electron chi connectivity index (χ0n) is 17.0. The van der Waals surface area contributed by atoms with E-state index in [1.165, 1.54) is 0 Å². The summed E-state index contributed by atoms with van der Waals surface area (Å²) in [7, 11) is 5.58. The lowest BCUT2D eigenvalue weighted by molar-refractivity contribution is 0.0926. The van der Waals surface area contributed by atoms with Crippen molar-refractivity contribution in [1.82, 2.24) is 15.3 Å². The number of amides is 1. The topological polar surface area (TPSA) is 79.4 Å². The fraction of sp³-hybridized carbons (Fsp3) is 0.476. The van der Waals surface area contributed by atoms with Gasteiger partial charge in [0.2, 0.25) is 5.95 Å². The van der Waals surface area contributed by atoms with E-state index in [9.17, 15) is 4.79 Å². The first-order chi connectivity index (χ1) is 13.5. The average molecular weight is 383 g/mol. The molecule has 0 atom stereocenters. The quantitative estimate of drug-likeness (QED) is 0.798. The molecule has 150 valence electrons. The first-order valence-corrected chi connectivity index (χ1v) is 9.68. The fourth-order valence-electron chi connectivity index (χ4n) is 3.53. The molecule has 1 amide bonds. The van der Waals surface area contributed by atoms with Gasteiger partial charge in [0.25, 0.3) is 5.91 Å². The van der Waals surface area contributed by atoms with Crippen molar-refractivity contribution in [3.63, 3.8) is 0 Å². The second-order valence-electron chi connectivity index (χ2n) is 7.49. The lowest BCUT2D eigenvalue weighted by Crippen LogP contribution is -2.40. The number of hydrogen-bond donors (Lipinski definition) is 2. The fourth-order valence-corrected chi connectivity index (χ4v) is 3.53. The summed E-state index contributed by atoms with van der Waals surface area (Å²) in [6.07, 6.45) is 5.67. The second kappa shape index (κ2) is 8.91. The maximum absolute atomic E-state index is 12.4. The standard InChI is InChI=1S/C21H29N5O2/c1-14-13-22-21(25-19(14)26(2)3)24-17-9-7-16(8-10-17)23-20(27)15-5-11-18(28-4)12-6-15/h5-6,11-13,16-17H,7-10H2,1-4H3,(H,23,27)(H,22,24,25). The Bertz CT molecular complexity index is 799. The van der Waals surface area contributed by atoms with E-state index in [1.807, 2.05) is 32.1 Å². The van der Waals surface area contributed by atoms with Crippen LogP contribution >= 0.6 is 0 Å². The molecule has 1 saturated carbocycles. The largest absolute Gasteiger partial charge is 0.497 e. The van der Waals surface area contributed by atoms with Gasteiger partial charge in [-0.15, -0.1) is 0 Å². The van der Waals surface area contributed by atoms with Crippen LogP contribution in [0.3, 0.4) is 0 Å². The predicted molar refractivity (Wildman–Crippen MR) is 111 cm³/mol. The molecule has 1 aromatic carbocycles. The van der Waals surface area contributed by atoms with Crippen LogP contribution in [-0.2, 0) is 0 Å². The first kappa shape index (κ1) is 19.9. The zero-order chi connectivity index (χ0) is 20.1. The molecule has 1 aliphatic carbocycles. The Kier molecular flexibility index (Phi) is 6.34. The van der Waals surface area contributed by atoms with Gasteiger partial charge in [0.15, 0.2) is 0 Å². The van der Waals surface area contributed by atoms with Crippen LogP contribution in [0.1, 0.15) is 41.6 Å². The van der Waals surface area contributed by atoms with Gasteiger partial charge in [0.05, 0.1) is 7.11 Å². The number of aryl methyl sites for hydroxylation is 1. The van der Waals surface area contributed by atoms with E-state index < -0.39 is 0 Å². The molecule has 1 aromatic heterocycles. The minimum atomic E-state index is -0.0310. The van der Waals surface area contributed by atoms with Gasteiger partial charge in [-0.05, 0) is 56.9 Å². The van der Waals surface area contributed by atoms with E-state index in [1.54, 1.807) is 31.4 Å². The first-order valence-electron chi connectivity index (χ1n) is 9.68. The van der Waals surface area contributed by atoms with Crippen LogP contribution in [-0.4, -0.2) is 49.2 Å². The van der Waals surface area contributed by atoms with Crippen LogP contribution in [0.5, 0.6) is 5.75 Å². The third-order valence-corrected chi connectivity index (χ3v) is 5.12. The minimum Gasteiger partial charge on any atom is -0.497 e. The Labute approximate surface area is 166 Å². The monoisotopic (exact) mass is 383 g/mol. The molecule has 0 aliphatic heterocycles. The average Bonchev–Trinajstić information content (AvgIpc) is 2.70. The van der Waals surface area contributed by atoms with Gasteiger partial charge in [0.1, 0.15) is 11.6 Å². The molecule has 0 bridgehead atoms. The molecule has 7 nitrogen and oxygen atoms in total. The normalized spacial score (nSPS) is 19.0. The number of carbonyl (C=O) groups is 1. The van der Waals surface area contributed by atoms with Crippen LogP contribution in [0.15, 0.2) is 30.5 Å². The van der Waals surface area contributed by atoms with Crippen molar-refractivity contribution in [2.45, 2.75) is 44.7 Å². The molecule has 2 N–H and O–H groups in total. The molecule has 0 spiro atoms. The van der Waals surface area contributed by atoms with Gasteiger partial charge in [0, 0.05) is 43.5 Å². The highest BCUT2D eigenvalue weighted by Crippen LogP contribution is 2.23. The second-order valence-corrected chi connectivity index (χ2v) is 7.49.